The Morgan fingerprint density at radius 1 is 1.58 bits per heavy atom. The molecular formula is C12H18BN3O3. The van der Waals surface area contributed by atoms with Crippen LogP contribution in [0.15, 0.2) is 23.3 Å². The van der Waals surface area contributed by atoms with Gasteiger partial charge in [0.25, 0.3) is 5.91 Å². The lowest BCUT2D eigenvalue weighted by molar-refractivity contribution is -0.120. The van der Waals surface area contributed by atoms with E-state index in [1.54, 1.807) is 24.8 Å². The molecule has 1 aliphatic heterocycles. The minimum atomic E-state index is -0.631. The van der Waals surface area contributed by atoms with Crippen molar-refractivity contribution < 1.29 is 9.82 Å². The molecule has 0 saturated carbocycles. The van der Waals surface area contributed by atoms with E-state index in [1.165, 1.54) is 16.9 Å². The summed E-state index contributed by atoms with van der Waals surface area (Å²) < 4.78 is 1.48. The van der Waals surface area contributed by atoms with Crippen LogP contribution in [0.5, 0.6) is 0 Å². The van der Waals surface area contributed by atoms with Gasteiger partial charge in [-0.15, -0.1) is 0 Å². The molecule has 19 heavy (non-hydrogen) atoms. The average molecular weight is 263 g/mol. The molecule has 2 heterocycles. The van der Waals surface area contributed by atoms with Gasteiger partial charge >= 0.3 is 7.05 Å². The molecule has 0 radical (unpaired) electrons. The van der Waals surface area contributed by atoms with Gasteiger partial charge in [-0.25, -0.2) is 0 Å². The fourth-order valence-corrected chi connectivity index (χ4v) is 2.38. The van der Waals surface area contributed by atoms with Gasteiger partial charge in [-0.2, -0.15) is 0 Å². The molecule has 102 valence electrons. The monoisotopic (exact) mass is 263 g/mol. The molecule has 6 nitrogen and oxygen atoms in total. The Balaban J connectivity index is 2.08. The van der Waals surface area contributed by atoms with Crippen LogP contribution in [0.4, 0.5) is 0 Å². The Morgan fingerprint density at radius 3 is 2.95 bits per heavy atom. The molecule has 1 aliphatic rings. The molecule has 2 N–H and O–H groups in total. The fraction of sp³-hybridized carbons (Fsp3) is 0.500. The van der Waals surface area contributed by atoms with Crippen molar-refractivity contribution in [1.82, 2.24) is 9.49 Å². The molecule has 1 fully saturated rings. The number of aryl methyl sites for hydroxylation is 1. The van der Waals surface area contributed by atoms with Crippen molar-refractivity contribution in [3.05, 3.63) is 34.2 Å². The van der Waals surface area contributed by atoms with E-state index in [4.69, 9.17) is 0 Å². The first-order chi connectivity index (χ1) is 8.99. The molecule has 7 heteroatoms. The molecule has 1 amide bonds. The lowest BCUT2D eigenvalue weighted by Crippen LogP contribution is -2.48. The van der Waals surface area contributed by atoms with Crippen LogP contribution in [0.3, 0.4) is 0 Å². The van der Waals surface area contributed by atoms with E-state index in [1.807, 2.05) is 0 Å². The number of pyridine rings is 1. The highest BCUT2D eigenvalue weighted by Gasteiger charge is 2.34. The number of carbonyl (C=O) groups excluding carboxylic acids is 1. The molecule has 1 unspecified atom stereocenters. The maximum atomic E-state index is 12.2. The lowest BCUT2D eigenvalue weighted by atomic mass is 9.84. The second kappa shape index (κ2) is 5.58. The van der Waals surface area contributed by atoms with Crippen LogP contribution >= 0.6 is 0 Å². The number of hydrogen-bond donors (Lipinski definition) is 2. The summed E-state index contributed by atoms with van der Waals surface area (Å²) in [5.74, 6) is -0.165. The van der Waals surface area contributed by atoms with Crippen molar-refractivity contribution in [2.24, 2.45) is 0 Å². The third kappa shape index (κ3) is 3.05. The van der Waals surface area contributed by atoms with Gasteiger partial charge in [-0.3, -0.25) is 19.7 Å². The van der Waals surface area contributed by atoms with E-state index in [-0.39, 0.29) is 17.4 Å². The highest BCUT2D eigenvalue weighted by Crippen LogP contribution is 2.18. The molecule has 0 bridgehead atoms. The van der Waals surface area contributed by atoms with Gasteiger partial charge in [0.2, 0.25) is 0 Å². The Labute approximate surface area is 112 Å². The molecule has 2 rings (SSSR count). The SMILES string of the molecule is CB(O)N1CCCC1C(=O)Nn1ccc(=O)c(C)c1. The zero-order valence-electron chi connectivity index (χ0n) is 11.2. The summed E-state index contributed by atoms with van der Waals surface area (Å²) in [5.41, 5.74) is 3.24. The topological polar surface area (TPSA) is 74.6 Å². The molecule has 0 aliphatic carbocycles. The van der Waals surface area contributed by atoms with Crippen LogP contribution in [0, 0.1) is 6.92 Å². The summed E-state index contributed by atoms with van der Waals surface area (Å²) in [6, 6.07) is 1.09. The third-order valence-corrected chi connectivity index (χ3v) is 3.42. The second-order valence-corrected chi connectivity index (χ2v) is 4.90. The zero-order chi connectivity index (χ0) is 14.0. The largest absolute Gasteiger partial charge is 0.437 e. The molecular weight excluding hydrogens is 245 g/mol. The van der Waals surface area contributed by atoms with Crippen LogP contribution < -0.4 is 10.9 Å². The van der Waals surface area contributed by atoms with Crippen LogP contribution in [0.25, 0.3) is 0 Å². The van der Waals surface area contributed by atoms with Gasteiger partial charge in [0.1, 0.15) is 0 Å². The predicted octanol–water partition coefficient (Wildman–Crippen LogP) is -0.198. The number of aromatic nitrogens is 1. The predicted molar refractivity (Wildman–Crippen MR) is 73.4 cm³/mol. The number of carbonyl (C=O) groups is 1. The highest BCUT2D eigenvalue weighted by molar-refractivity contribution is 6.45. The Hall–Kier alpha value is -1.60. The van der Waals surface area contributed by atoms with Gasteiger partial charge in [0.15, 0.2) is 5.43 Å². The quantitative estimate of drug-likeness (QED) is 0.741. The van der Waals surface area contributed by atoms with Crippen molar-refractivity contribution >= 4 is 13.0 Å². The van der Waals surface area contributed by atoms with E-state index in [9.17, 15) is 14.6 Å². The standard InChI is InChI=1S/C12H18BN3O3/c1-9-8-15(7-5-11(9)17)14-12(18)10-4-3-6-16(10)13(2)19/h5,7-8,10,19H,3-4,6H2,1-2H3,(H,14,18). The number of nitrogens with one attached hydrogen (secondary N) is 1. The summed E-state index contributed by atoms with van der Waals surface area (Å²) in [6.07, 6.45) is 4.74. The summed E-state index contributed by atoms with van der Waals surface area (Å²) in [5, 5.41) is 9.62. The number of rotatable bonds is 3. The Morgan fingerprint density at radius 2 is 2.32 bits per heavy atom. The maximum absolute atomic E-state index is 12.2. The van der Waals surface area contributed by atoms with E-state index < -0.39 is 7.05 Å². The van der Waals surface area contributed by atoms with Crippen molar-refractivity contribution in [1.29, 1.82) is 0 Å². The number of nitrogens with zero attached hydrogens (tertiary/aromatic N) is 2. The van der Waals surface area contributed by atoms with Crippen LogP contribution in [0.2, 0.25) is 6.82 Å². The fourth-order valence-electron chi connectivity index (χ4n) is 2.38. The Bertz CT molecular complexity index is 529. The smallest absolute Gasteiger partial charge is 0.377 e. The van der Waals surface area contributed by atoms with E-state index in [0.717, 1.165) is 19.4 Å². The molecule has 1 atom stereocenters. The average Bonchev–Trinajstić information content (AvgIpc) is 2.83. The van der Waals surface area contributed by atoms with Crippen molar-refractivity contribution in [3.8, 4) is 0 Å². The molecule has 1 aromatic heterocycles. The minimum absolute atomic E-state index is 0.0584. The van der Waals surface area contributed by atoms with E-state index in [2.05, 4.69) is 5.43 Å². The van der Waals surface area contributed by atoms with Crippen molar-refractivity contribution in [2.75, 3.05) is 12.0 Å². The zero-order valence-corrected chi connectivity index (χ0v) is 11.2. The maximum Gasteiger partial charge on any atom is 0.377 e. The van der Waals surface area contributed by atoms with Crippen LogP contribution in [0.1, 0.15) is 18.4 Å². The number of hydrogen-bond acceptors (Lipinski definition) is 4. The van der Waals surface area contributed by atoms with Gasteiger partial charge in [-0.05, 0) is 33.1 Å². The van der Waals surface area contributed by atoms with E-state index in [0.29, 0.717) is 5.56 Å². The minimum Gasteiger partial charge on any atom is -0.437 e. The van der Waals surface area contributed by atoms with Gasteiger partial charge in [0, 0.05) is 24.0 Å². The first-order valence-corrected chi connectivity index (χ1v) is 6.42. The summed E-state index contributed by atoms with van der Waals surface area (Å²) >= 11 is 0. The first kappa shape index (κ1) is 13.8. The van der Waals surface area contributed by atoms with Gasteiger partial charge < -0.3 is 9.83 Å². The van der Waals surface area contributed by atoms with Gasteiger partial charge in [0.05, 0.1) is 6.04 Å². The molecule has 1 aromatic rings. The van der Waals surface area contributed by atoms with Crippen molar-refractivity contribution in [3.63, 3.8) is 0 Å². The normalized spacial score (nSPS) is 19.4. The second-order valence-electron chi connectivity index (χ2n) is 4.90. The number of amides is 1. The van der Waals surface area contributed by atoms with Crippen LogP contribution in [-0.4, -0.2) is 40.1 Å². The summed E-state index contributed by atoms with van der Waals surface area (Å²) in [7, 11) is -0.631. The van der Waals surface area contributed by atoms with E-state index >= 15 is 0 Å². The first-order valence-electron chi connectivity index (χ1n) is 6.42. The van der Waals surface area contributed by atoms with Crippen LogP contribution in [-0.2, 0) is 4.79 Å². The molecule has 0 aromatic carbocycles. The van der Waals surface area contributed by atoms with Gasteiger partial charge in [-0.1, -0.05) is 0 Å². The van der Waals surface area contributed by atoms with Crippen molar-refractivity contribution in [2.45, 2.75) is 32.6 Å². The summed E-state index contributed by atoms with van der Waals surface area (Å²) in [4.78, 5) is 25.2. The summed E-state index contributed by atoms with van der Waals surface area (Å²) in [6.45, 7) is 4.08. The molecule has 1 saturated heterocycles. The molecule has 0 spiro atoms. The highest BCUT2D eigenvalue weighted by atomic mass is 16.2. The lowest BCUT2D eigenvalue weighted by Gasteiger charge is -2.24. The Kier molecular flexibility index (Phi) is 4.06. The third-order valence-electron chi connectivity index (χ3n) is 3.42.